The number of urea groups is 1. The Bertz CT molecular complexity index is 836. The fourth-order valence-electron chi connectivity index (χ4n) is 1.90. The van der Waals surface area contributed by atoms with Gasteiger partial charge in [-0.05, 0) is 30.3 Å². The van der Waals surface area contributed by atoms with Gasteiger partial charge in [0.1, 0.15) is 22.9 Å². The van der Waals surface area contributed by atoms with Crippen molar-refractivity contribution in [3.05, 3.63) is 58.6 Å². The smallest absolute Gasteiger partial charge is 0.394 e. The Labute approximate surface area is 149 Å². The van der Waals surface area contributed by atoms with Gasteiger partial charge in [-0.3, -0.25) is 10.1 Å². The van der Waals surface area contributed by atoms with Gasteiger partial charge in [0.2, 0.25) is 0 Å². The van der Waals surface area contributed by atoms with E-state index in [0.29, 0.717) is 6.92 Å². The highest BCUT2D eigenvalue weighted by Crippen LogP contribution is 2.31. The number of anilines is 1. The number of benzene rings is 2. The number of nitrogens with one attached hydrogen (secondary N) is 2. The number of carbonyl (C=O) groups is 2. The quantitative estimate of drug-likeness (QED) is 0.751. The second-order valence-corrected chi connectivity index (χ2v) is 5.47. The first-order chi connectivity index (χ1) is 12.1. The third-order valence-corrected chi connectivity index (χ3v) is 3.19. The zero-order valence-corrected chi connectivity index (χ0v) is 13.8. The van der Waals surface area contributed by atoms with E-state index in [9.17, 15) is 27.2 Å². The van der Waals surface area contributed by atoms with Crippen molar-refractivity contribution >= 4 is 29.2 Å². The fourth-order valence-corrected chi connectivity index (χ4v) is 2.12. The van der Waals surface area contributed by atoms with Crippen LogP contribution in [0.1, 0.15) is 17.3 Å². The van der Waals surface area contributed by atoms with Crippen LogP contribution in [0.5, 0.6) is 5.75 Å². The molecule has 0 bridgehead atoms. The summed E-state index contributed by atoms with van der Waals surface area (Å²) in [7, 11) is 0. The number of alkyl halides is 2. The molecule has 2 aromatic rings. The minimum absolute atomic E-state index is 0.0288. The minimum atomic E-state index is -3.45. The van der Waals surface area contributed by atoms with Crippen LogP contribution in [0.3, 0.4) is 0 Å². The molecule has 0 fully saturated rings. The van der Waals surface area contributed by atoms with Crippen LogP contribution in [-0.2, 0) is 0 Å². The molecule has 0 spiro atoms. The van der Waals surface area contributed by atoms with E-state index < -0.39 is 35.2 Å². The number of rotatable bonds is 4. The Morgan fingerprint density at radius 2 is 1.73 bits per heavy atom. The van der Waals surface area contributed by atoms with Crippen LogP contribution in [0.15, 0.2) is 36.4 Å². The van der Waals surface area contributed by atoms with Gasteiger partial charge < -0.3 is 10.1 Å². The van der Waals surface area contributed by atoms with Gasteiger partial charge >= 0.3 is 12.1 Å². The zero-order valence-electron chi connectivity index (χ0n) is 13.1. The molecule has 0 radical (unpaired) electrons. The summed E-state index contributed by atoms with van der Waals surface area (Å²) in [6.45, 7) is 0.524. The first kappa shape index (κ1) is 19.5. The van der Waals surface area contributed by atoms with Crippen molar-refractivity contribution in [2.45, 2.75) is 13.0 Å². The third-order valence-electron chi connectivity index (χ3n) is 2.90. The molecule has 10 heteroatoms. The largest absolute Gasteiger partial charge is 0.431 e. The molecule has 0 atom stereocenters. The Morgan fingerprint density at radius 1 is 1.12 bits per heavy atom. The Kier molecular flexibility index (Phi) is 5.71. The standard InChI is InChI=1S/C16H11ClF4N2O3/c1-16(20,21)26-12-6-5-8(7-9(12)17)22-15(25)23-14(24)13-10(18)3-2-4-11(13)19/h2-7H,1H3,(H2,22,23,24,25). The highest BCUT2D eigenvalue weighted by Gasteiger charge is 2.24. The molecule has 138 valence electrons. The maximum absolute atomic E-state index is 13.5. The summed E-state index contributed by atoms with van der Waals surface area (Å²) in [5.41, 5.74) is -0.893. The van der Waals surface area contributed by atoms with Crippen LogP contribution in [0, 0.1) is 11.6 Å². The van der Waals surface area contributed by atoms with Crippen LogP contribution in [0.25, 0.3) is 0 Å². The van der Waals surface area contributed by atoms with Crippen molar-refractivity contribution in [1.82, 2.24) is 5.32 Å². The summed E-state index contributed by atoms with van der Waals surface area (Å²) in [4.78, 5) is 23.5. The molecule has 2 aromatic carbocycles. The molecule has 0 aliphatic carbocycles. The lowest BCUT2D eigenvalue weighted by molar-refractivity contribution is -0.158. The van der Waals surface area contributed by atoms with Crippen LogP contribution >= 0.6 is 11.6 Å². The molecule has 0 aliphatic heterocycles. The molecule has 0 aliphatic rings. The van der Waals surface area contributed by atoms with Crippen LogP contribution in [0.4, 0.5) is 28.0 Å². The fraction of sp³-hybridized carbons (Fsp3) is 0.125. The lowest BCUT2D eigenvalue weighted by Gasteiger charge is -2.15. The van der Waals surface area contributed by atoms with Gasteiger partial charge in [0, 0.05) is 12.6 Å². The monoisotopic (exact) mass is 390 g/mol. The van der Waals surface area contributed by atoms with E-state index in [1.807, 2.05) is 0 Å². The number of hydrogen-bond acceptors (Lipinski definition) is 3. The van der Waals surface area contributed by atoms with Crippen molar-refractivity contribution in [2.75, 3.05) is 5.32 Å². The van der Waals surface area contributed by atoms with Gasteiger partial charge in [-0.2, -0.15) is 8.78 Å². The summed E-state index contributed by atoms with van der Waals surface area (Å²) < 4.78 is 56.9. The van der Waals surface area contributed by atoms with Crippen LogP contribution in [-0.4, -0.2) is 18.0 Å². The minimum Gasteiger partial charge on any atom is -0.431 e. The van der Waals surface area contributed by atoms with Crippen LogP contribution in [0.2, 0.25) is 5.02 Å². The third kappa shape index (κ3) is 5.09. The van der Waals surface area contributed by atoms with E-state index in [4.69, 9.17) is 11.6 Å². The van der Waals surface area contributed by atoms with E-state index >= 15 is 0 Å². The molecule has 0 saturated carbocycles. The molecule has 2 N–H and O–H groups in total. The van der Waals surface area contributed by atoms with Gasteiger partial charge in [-0.1, -0.05) is 17.7 Å². The lowest BCUT2D eigenvalue weighted by atomic mass is 10.2. The van der Waals surface area contributed by atoms with Gasteiger partial charge in [0.15, 0.2) is 0 Å². The molecule has 0 unspecified atom stereocenters. The summed E-state index contributed by atoms with van der Waals surface area (Å²) in [5.74, 6) is -3.90. The number of hydrogen-bond donors (Lipinski definition) is 2. The van der Waals surface area contributed by atoms with E-state index in [2.05, 4.69) is 10.1 Å². The second kappa shape index (κ2) is 7.61. The van der Waals surface area contributed by atoms with Gasteiger partial charge in [-0.15, -0.1) is 0 Å². The number of halogens is 5. The molecule has 5 nitrogen and oxygen atoms in total. The molecule has 0 heterocycles. The number of ether oxygens (including phenoxy) is 1. The van der Waals surface area contributed by atoms with Gasteiger partial charge in [-0.25, -0.2) is 13.6 Å². The molecule has 26 heavy (non-hydrogen) atoms. The Balaban J connectivity index is 2.06. The van der Waals surface area contributed by atoms with Gasteiger partial charge in [0.05, 0.1) is 5.02 Å². The number of imide groups is 1. The summed E-state index contributed by atoms with van der Waals surface area (Å²) >= 11 is 5.77. The van der Waals surface area contributed by atoms with E-state index in [-0.39, 0.29) is 16.5 Å². The number of carbonyl (C=O) groups excluding carboxylic acids is 2. The first-order valence-corrected chi connectivity index (χ1v) is 7.37. The lowest BCUT2D eigenvalue weighted by Crippen LogP contribution is -2.35. The van der Waals surface area contributed by atoms with Gasteiger partial charge in [0.25, 0.3) is 5.91 Å². The molecule has 2 rings (SSSR count). The maximum Gasteiger partial charge on any atom is 0.394 e. The van der Waals surface area contributed by atoms with Crippen molar-refractivity contribution in [3.63, 3.8) is 0 Å². The van der Waals surface area contributed by atoms with Crippen molar-refractivity contribution in [1.29, 1.82) is 0 Å². The predicted octanol–water partition coefficient (Wildman–Crippen LogP) is 4.57. The maximum atomic E-state index is 13.5. The second-order valence-electron chi connectivity index (χ2n) is 5.06. The highest BCUT2D eigenvalue weighted by molar-refractivity contribution is 6.32. The summed E-state index contributed by atoms with van der Waals surface area (Å²) in [6, 6.07) is 5.02. The van der Waals surface area contributed by atoms with Crippen molar-refractivity contribution in [2.24, 2.45) is 0 Å². The Morgan fingerprint density at radius 3 is 2.27 bits per heavy atom. The average Bonchev–Trinajstić information content (AvgIpc) is 2.48. The summed E-state index contributed by atoms with van der Waals surface area (Å²) in [5, 5.41) is 3.68. The summed E-state index contributed by atoms with van der Waals surface area (Å²) in [6.07, 6.45) is -3.45. The van der Waals surface area contributed by atoms with E-state index in [1.165, 1.54) is 6.07 Å². The molecule has 0 saturated heterocycles. The first-order valence-electron chi connectivity index (χ1n) is 6.99. The molecule has 3 amide bonds. The SMILES string of the molecule is CC(F)(F)Oc1ccc(NC(=O)NC(=O)c2c(F)cccc2F)cc1Cl. The zero-order chi connectivity index (χ0) is 19.5. The van der Waals surface area contributed by atoms with Crippen LogP contribution < -0.4 is 15.4 Å². The normalized spacial score (nSPS) is 11.0. The van der Waals surface area contributed by atoms with E-state index in [1.54, 1.807) is 5.32 Å². The molecular weight excluding hydrogens is 380 g/mol. The topological polar surface area (TPSA) is 67.4 Å². The molecular formula is C16H11ClF4N2O3. The van der Waals surface area contributed by atoms with Crippen molar-refractivity contribution in [3.8, 4) is 5.75 Å². The predicted molar refractivity (Wildman–Crippen MR) is 85.5 cm³/mol. The number of amides is 3. The average molecular weight is 391 g/mol. The van der Waals surface area contributed by atoms with Crippen molar-refractivity contribution < 1.29 is 31.9 Å². The van der Waals surface area contributed by atoms with E-state index in [0.717, 1.165) is 30.3 Å². The molecule has 0 aromatic heterocycles. The Hall–Kier alpha value is -2.81. The highest BCUT2D eigenvalue weighted by atomic mass is 35.5.